The van der Waals surface area contributed by atoms with Gasteiger partial charge in [-0.2, -0.15) is 0 Å². The number of rotatable bonds is 4. The Morgan fingerprint density at radius 1 is 1.28 bits per heavy atom. The molecule has 0 saturated heterocycles. The lowest BCUT2D eigenvalue weighted by Crippen LogP contribution is -2.08. The van der Waals surface area contributed by atoms with Crippen LogP contribution in [0.2, 0.25) is 0 Å². The molecule has 0 bridgehead atoms. The molecule has 0 amide bonds. The molecule has 2 rings (SSSR count). The fourth-order valence-corrected chi connectivity index (χ4v) is 2.16. The molecule has 0 aliphatic carbocycles. The van der Waals surface area contributed by atoms with Gasteiger partial charge in [0.05, 0.1) is 18.1 Å². The number of phenols is 1. The van der Waals surface area contributed by atoms with E-state index in [4.69, 9.17) is 11.6 Å². The topological polar surface area (TPSA) is 50.9 Å². The van der Waals surface area contributed by atoms with Gasteiger partial charge in [-0.25, -0.2) is 4.68 Å². The van der Waals surface area contributed by atoms with Crippen molar-refractivity contribution in [2.45, 2.75) is 32.2 Å². The maximum absolute atomic E-state index is 9.26. The van der Waals surface area contributed by atoms with Crippen molar-refractivity contribution in [3.63, 3.8) is 0 Å². The first-order valence-corrected chi connectivity index (χ1v) is 6.41. The molecule has 96 valence electrons. The lowest BCUT2D eigenvalue weighted by Gasteiger charge is -2.10. The molecule has 5 heteroatoms. The van der Waals surface area contributed by atoms with Crippen LogP contribution in [0.3, 0.4) is 0 Å². The molecule has 1 heterocycles. The molecular weight excluding hydrogens is 250 g/mol. The quantitative estimate of drug-likeness (QED) is 0.865. The molecule has 0 aliphatic heterocycles. The van der Waals surface area contributed by atoms with Crippen LogP contribution in [0, 0.1) is 0 Å². The minimum absolute atomic E-state index is 0.267. The summed E-state index contributed by atoms with van der Waals surface area (Å²) >= 11 is 5.86. The Balaban J connectivity index is 2.28. The molecule has 0 unspecified atom stereocenters. The highest BCUT2D eigenvalue weighted by atomic mass is 35.5. The van der Waals surface area contributed by atoms with E-state index < -0.39 is 0 Å². The van der Waals surface area contributed by atoms with Crippen molar-refractivity contribution in [1.29, 1.82) is 0 Å². The zero-order chi connectivity index (χ0) is 13.1. The predicted octanol–water partition coefficient (Wildman–Crippen LogP) is 2.89. The molecule has 1 aromatic heterocycles. The maximum Gasteiger partial charge on any atom is 0.115 e. The van der Waals surface area contributed by atoms with E-state index in [1.807, 2.05) is 16.8 Å². The Bertz CT molecular complexity index is 520. The molecule has 1 N–H and O–H groups in total. The number of nitrogens with zero attached hydrogens (tertiary/aromatic N) is 3. The third kappa shape index (κ3) is 2.64. The lowest BCUT2D eigenvalue weighted by molar-refractivity contribution is 0.475. The third-order valence-corrected chi connectivity index (χ3v) is 3.04. The van der Waals surface area contributed by atoms with Gasteiger partial charge in [-0.3, -0.25) is 0 Å². The smallest absolute Gasteiger partial charge is 0.115 e. The highest BCUT2D eigenvalue weighted by Crippen LogP contribution is 2.20. The standard InChI is InChI=1S/C13H16ClN3O/c1-9(2)13-12(7-14)15-16-17(13)8-10-3-5-11(18)6-4-10/h3-6,9,18H,7-8H2,1-2H3. The minimum atomic E-state index is 0.267. The second kappa shape index (κ2) is 5.40. The first kappa shape index (κ1) is 12.9. The summed E-state index contributed by atoms with van der Waals surface area (Å²) in [4.78, 5) is 0. The summed E-state index contributed by atoms with van der Waals surface area (Å²) in [6, 6.07) is 7.09. The summed E-state index contributed by atoms with van der Waals surface area (Å²) < 4.78 is 1.87. The van der Waals surface area contributed by atoms with E-state index in [2.05, 4.69) is 24.2 Å². The number of hydrogen-bond donors (Lipinski definition) is 1. The first-order chi connectivity index (χ1) is 8.61. The number of phenolic OH excluding ortho intramolecular Hbond substituents is 1. The lowest BCUT2D eigenvalue weighted by atomic mass is 10.1. The molecule has 18 heavy (non-hydrogen) atoms. The number of alkyl halides is 1. The number of halogens is 1. The summed E-state index contributed by atoms with van der Waals surface area (Å²) in [5.41, 5.74) is 2.98. The molecule has 0 radical (unpaired) electrons. The van der Waals surface area contributed by atoms with E-state index in [1.54, 1.807) is 12.1 Å². The molecule has 2 aromatic rings. The van der Waals surface area contributed by atoms with Crippen LogP contribution in [0.25, 0.3) is 0 Å². The van der Waals surface area contributed by atoms with Crippen LogP contribution in [-0.4, -0.2) is 20.1 Å². The van der Waals surface area contributed by atoms with E-state index in [0.29, 0.717) is 18.3 Å². The normalized spacial score (nSPS) is 11.1. The van der Waals surface area contributed by atoms with Crippen molar-refractivity contribution in [3.05, 3.63) is 41.2 Å². The van der Waals surface area contributed by atoms with Crippen LogP contribution in [0.4, 0.5) is 0 Å². The highest BCUT2D eigenvalue weighted by Gasteiger charge is 2.15. The van der Waals surface area contributed by atoms with Crippen molar-refractivity contribution in [2.24, 2.45) is 0 Å². The Morgan fingerprint density at radius 2 is 1.94 bits per heavy atom. The van der Waals surface area contributed by atoms with Gasteiger partial charge in [0.2, 0.25) is 0 Å². The van der Waals surface area contributed by atoms with E-state index in [-0.39, 0.29) is 5.75 Å². The van der Waals surface area contributed by atoms with Gasteiger partial charge >= 0.3 is 0 Å². The van der Waals surface area contributed by atoms with Crippen LogP contribution in [0.5, 0.6) is 5.75 Å². The molecule has 1 aromatic carbocycles. The largest absolute Gasteiger partial charge is 0.508 e. The Hall–Kier alpha value is -1.55. The Labute approximate surface area is 111 Å². The Morgan fingerprint density at radius 3 is 2.50 bits per heavy atom. The summed E-state index contributed by atoms with van der Waals surface area (Å²) in [5, 5.41) is 17.5. The van der Waals surface area contributed by atoms with E-state index in [0.717, 1.165) is 17.0 Å². The summed E-state index contributed by atoms with van der Waals surface area (Å²) in [6.45, 7) is 4.84. The maximum atomic E-state index is 9.26. The predicted molar refractivity (Wildman–Crippen MR) is 70.9 cm³/mol. The molecule has 0 spiro atoms. The van der Waals surface area contributed by atoms with Gasteiger partial charge in [-0.05, 0) is 23.6 Å². The van der Waals surface area contributed by atoms with E-state index in [9.17, 15) is 5.11 Å². The fraction of sp³-hybridized carbons (Fsp3) is 0.385. The van der Waals surface area contributed by atoms with Crippen molar-refractivity contribution in [1.82, 2.24) is 15.0 Å². The number of hydrogen-bond acceptors (Lipinski definition) is 3. The third-order valence-electron chi connectivity index (χ3n) is 2.79. The van der Waals surface area contributed by atoms with Crippen LogP contribution in [0.15, 0.2) is 24.3 Å². The zero-order valence-electron chi connectivity index (χ0n) is 10.5. The summed E-state index contributed by atoms with van der Waals surface area (Å²) in [7, 11) is 0. The average Bonchev–Trinajstić information content (AvgIpc) is 2.75. The van der Waals surface area contributed by atoms with Gasteiger partial charge < -0.3 is 5.11 Å². The number of benzene rings is 1. The molecule has 4 nitrogen and oxygen atoms in total. The van der Waals surface area contributed by atoms with E-state index in [1.165, 1.54) is 0 Å². The number of aromatic nitrogens is 3. The Kier molecular flexibility index (Phi) is 3.87. The van der Waals surface area contributed by atoms with Crippen LogP contribution in [-0.2, 0) is 12.4 Å². The summed E-state index contributed by atoms with van der Waals surface area (Å²) in [6.07, 6.45) is 0. The monoisotopic (exact) mass is 265 g/mol. The van der Waals surface area contributed by atoms with Crippen molar-refractivity contribution in [3.8, 4) is 5.75 Å². The van der Waals surface area contributed by atoms with Crippen LogP contribution in [0.1, 0.15) is 36.7 Å². The van der Waals surface area contributed by atoms with Crippen LogP contribution < -0.4 is 0 Å². The van der Waals surface area contributed by atoms with Crippen molar-refractivity contribution in [2.75, 3.05) is 0 Å². The minimum Gasteiger partial charge on any atom is -0.508 e. The SMILES string of the molecule is CC(C)c1c(CCl)nnn1Cc1ccc(O)cc1. The highest BCUT2D eigenvalue weighted by molar-refractivity contribution is 6.16. The van der Waals surface area contributed by atoms with Crippen molar-refractivity contribution < 1.29 is 5.11 Å². The zero-order valence-corrected chi connectivity index (χ0v) is 11.2. The fourth-order valence-electron chi connectivity index (χ4n) is 1.97. The van der Waals surface area contributed by atoms with Gasteiger partial charge in [0.25, 0.3) is 0 Å². The van der Waals surface area contributed by atoms with Crippen molar-refractivity contribution >= 4 is 11.6 Å². The molecular formula is C13H16ClN3O. The number of aromatic hydroxyl groups is 1. The molecule has 0 atom stereocenters. The van der Waals surface area contributed by atoms with Gasteiger partial charge in [0.15, 0.2) is 0 Å². The second-order valence-corrected chi connectivity index (χ2v) is 4.80. The first-order valence-electron chi connectivity index (χ1n) is 5.88. The van der Waals surface area contributed by atoms with Gasteiger partial charge in [-0.15, -0.1) is 16.7 Å². The summed E-state index contributed by atoms with van der Waals surface area (Å²) in [5.74, 6) is 0.969. The van der Waals surface area contributed by atoms with Gasteiger partial charge in [0.1, 0.15) is 11.4 Å². The second-order valence-electron chi connectivity index (χ2n) is 4.53. The van der Waals surface area contributed by atoms with Crippen LogP contribution >= 0.6 is 11.6 Å². The van der Waals surface area contributed by atoms with E-state index >= 15 is 0 Å². The molecule has 0 aliphatic rings. The van der Waals surface area contributed by atoms with Gasteiger partial charge in [0, 0.05) is 0 Å². The average molecular weight is 266 g/mol. The molecule has 0 fully saturated rings. The van der Waals surface area contributed by atoms with Gasteiger partial charge in [-0.1, -0.05) is 31.2 Å². The molecule has 0 saturated carbocycles.